The summed E-state index contributed by atoms with van der Waals surface area (Å²) in [6, 6.07) is 21.0. The predicted octanol–water partition coefficient (Wildman–Crippen LogP) is 6.37. The monoisotopic (exact) mass is 551 g/mol. The minimum absolute atomic E-state index is 0.0857. The number of hydrogen-bond acceptors (Lipinski definition) is 6. The van der Waals surface area contributed by atoms with Crippen LogP contribution in [0.15, 0.2) is 82.1 Å². The number of nitrogens with zero attached hydrogens (tertiary/aromatic N) is 2. The third-order valence-corrected chi connectivity index (χ3v) is 7.68. The molecule has 0 saturated heterocycles. The van der Waals surface area contributed by atoms with Crippen molar-refractivity contribution < 1.29 is 19.1 Å². The Kier molecular flexibility index (Phi) is 6.66. The second-order valence-corrected chi connectivity index (χ2v) is 11.6. The van der Waals surface area contributed by atoms with Gasteiger partial charge < -0.3 is 19.6 Å². The molecule has 5 aromatic rings. The molecule has 0 spiro atoms. The van der Waals surface area contributed by atoms with Gasteiger partial charge in [0.15, 0.2) is 5.58 Å². The number of alkyl carbamates (subject to hydrolysis) is 1. The minimum atomic E-state index is -0.585. The number of fused-ring (bicyclic) bond motifs is 3. The molecular weight excluding hydrogens is 518 g/mol. The number of carbonyl (C=O) groups excluding carboxylic acids is 1. The smallest absolute Gasteiger partial charge is 0.408 e. The van der Waals surface area contributed by atoms with Gasteiger partial charge in [-0.3, -0.25) is 9.48 Å². The zero-order chi connectivity index (χ0) is 28.8. The molecule has 8 nitrogen and oxygen atoms in total. The highest BCUT2D eigenvalue weighted by Gasteiger charge is 2.41. The second kappa shape index (κ2) is 10.2. The fourth-order valence-corrected chi connectivity index (χ4v) is 5.61. The van der Waals surface area contributed by atoms with E-state index in [-0.39, 0.29) is 18.6 Å². The van der Waals surface area contributed by atoms with Crippen molar-refractivity contribution in [3.8, 4) is 22.5 Å². The van der Waals surface area contributed by atoms with Gasteiger partial charge in [-0.2, -0.15) is 5.10 Å². The summed E-state index contributed by atoms with van der Waals surface area (Å²) in [5, 5.41) is 18.3. The lowest BCUT2D eigenvalue weighted by Crippen LogP contribution is -2.52. The van der Waals surface area contributed by atoms with Crippen molar-refractivity contribution in [2.75, 3.05) is 6.61 Å². The van der Waals surface area contributed by atoms with E-state index in [1.54, 1.807) is 16.9 Å². The van der Waals surface area contributed by atoms with E-state index in [4.69, 9.17) is 9.15 Å². The summed E-state index contributed by atoms with van der Waals surface area (Å²) >= 11 is 0. The molecule has 1 amide bonds. The van der Waals surface area contributed by atoms with Gasteiger partial charge in [-0.25, -0.2) is 4.79 Å². The van der Waals surface area contributed by atoms with Crippen molar-refractivity contribution in [2.45, 2.75) is 57.7 Å². The Morgan fingerprint density at radius 1 is 1.05 bits per heavy atom. The maximum absolute atomic E-state index is 14.2. The van der Waals surface area contributed by atoms with E-state index in [2.05, 4.69) is 10.4 Å². The van der Waals surface area contributed by atoms with Crippen molar-refractivity contribution >= 4 is 28.0 Å². The van der Waals surface area contributed by atoms with Crippen molar-refractivity contribution in [1.82, 2.24) is 15.1 Å². The summed E-state index contributed by atoms with van der Waals surface area (Å²) in [6.45, 7) is 5.74. The van der Waals surface area contributed by atoms with E-state index in [1.807, 2.05) is 81.4 Å². The first-order chi connectivity index (χ1) is 19.7. The zero-order valence-corrected chi connectivity index (χ0v) is 23.4. The highest BCUT2D eigenvalue weighted by atomic mass is 16.6. The Hall–Kier alpha value is -4.43. The quantitative estimate of drug-likeness (QED) is 0.254. The number of aliphatic hydroxyl groups is 1. The molecule has 2 N–H and O–H groups in total. The first-order valence-electron chi connectivity index (χ1n) is 13.9. The standard InChI is InChI=1S/C33H33N3O5/c1-32(2,3)41-31(39)35-33(16-7-17-33)24-13-10-21(11-14-24)26-28(38)25-15-12-23-20-34-36(18-19-37)27(23)30(25)40-29(26)22-8-5-4-6-9-22/h4-6,8-15,20,37H,7,16-19H2,1-3H3,(H,35,39). The third-order valence-electron chi connectivity index (χ3n) is 7.68. The molecular formula is C33H33N3O5. The fraction of sp³-hybridized carbons (Fsp3) is 0.303. The molecule has 3 aromatic carbocycles. The van der Waals surface area contributed by atoms with E-state index in [0.29, 0.717) is 27.8 Å². The summed E-state index contributed by atoms with van der Waals surface area (Å²) in [5.41, 5.74) is 2.82. The average Bonchev–Trinajstić information content (AvgIpc) is 3.34. The summed E-state index contributed by atoms with van der Waals surface area (Å²) in [5.74, 6) is 0.463. The Bertz CT molecular complexity index is 1790. The lowest BCUT2D eigenvalue weighted by atomic mass is 9.71. The SMILES string of the molecule is CC(C)(C)OC(=O)NC1(c2ccc(-c3c(-c4ccccc4)oc4c(ccc5cnn(CCO)c54)c3=O)cc2)CCC1. The van der Waals surface area contributed by atoms with Gasteiger partial charge in [-0.15, -0.1) is 0 Å². The van der Waals surface area contributed by atoms with Crippen LogP contribution in [-0.2, 0) is 16.8 Å². The van der Waals surface area contributed by atoms with Crippen molar-refractivity contribution in [1.29, 1.82) is 0 Å². The molecule has 0 radical (unpaired) electrons. The van der Waals surface area contributed by atoms with E-state index in [9.17, 15) is 14.7 Å². The van der Waals surface area contributed by atoms with Gasteiger partial charge in [0.1, 0.15) is 16.9 Å². The number of rotatable bonds is 6. The minimum Gasteiger partial charge on any atom is -0.453 e. The van der Waals surface area contributed by atoms with E-state index < -0.39 is 17.2 Å². The summed E-state index contributed by atoms with van der Waals surface area (Å²) in [4.78, 5) is 26.8. The second-order valence-electron chi connectivity index (χ2n) is 11.6. The normalized spacial score (nSPS) is 14.6. The van der Waals surface area contributed by atoms with Crippen molar-refractivity contribution in [2.24, 2.45) is 0 Å². The van der Waals surface area contributed by atoms with E-state index >= 15 is 0 Å². The number of benzene rings is 3. The molecule has 0 aliphatic heterocycles. The van der Waals surface area contributed by atoms with Gasteiger partial charge >= 0.3 is 6.09 Å². The topological polar surface area (TPSA) is 107 Å². The first kappa shape index (κ1) is 26.8. The largest absolute Gasteiger partial charge is 0.453 e. The van der Waals surface area contributed by atoms with E-state index in [1.165, 1.54) is 0 Å². The number of amides is 1. The summed E-state index contributed by atoms with van der Waals surface area (Å²) < 4.78 is 13.8. The molecule has 0 bridgehead atoms. The molecule has 6 rings (SSSR count). The van der Waals surface area contributed by atoms with Gasteiger partial charge in [-0.05, 0) is 57.2 Å². The third kappa shape index (κ3) is 4.89. The van der Waals surface area contributed by atoms with E-state index in [0.717, 1.165) is 41.3 Å². The highest BCUT2D eigenvalue weighted by molar-refractivity contribution is 6.04. The molecule has 0 unspecified atom stereocenters. The first-order valence-corrected chi connectivity index (χ1v) is 13.9. The number of nitrogens with one attached hydrogen (secondary N) is 1. The fourth-order valence-electron chi connectivity index (χ4n) is 5.61. The van der Waals surface area contributed by atoms with Gasteiger partial charge in [0.2, 0.25) is 5.43 Å². The Morgan fingerprint density at radius 2 is 1.78 bits per heavy atom. The molecule has 1 saturated carbocycles. The lowest BCUT2D eigenvalue weighted by molar-refractivity contribution is 0.0377. The van der Waals surface area contributed by atoms with Gasteiger partial charge in [0.05, 0.1) is 35.8 Å². The van der Waals surface area contributed by atoms with Crippen LogP contribution in [0.5, 0.6) is 0 Å². The van der Waals surface area contributed by atoms with Crippen LogP contribution in [0, 0.1) is 0 Å². The van der Waals surface area contributed by atoms with Gasteiger partial charge in [-0.1, -0.05) is 60.7 Å². The molecule has 1 aliphatic carbocycles. The Morgan fingerprint density at radius 3 is 2.41 bits per heavy atom. The van der Waals surface area contributed by atoms with Crippen LogP contribution in [0.2, 0.25) is 0 Å². The van der Waals surface area contributed by atoms with Gasteiger partial charge in [0.25, 0.3) is 0 Å². The average molecular weight is 552 g/mol. The predicted molar refractivity (Wildman–Crippen MR) is 159 cm³/mol. The molecule has 1 fully saturated rings. The molecule has 2 heterocycles. The lowest BCUT2D eigenvalue weighted by Gasteiger charge is -2.43. The maximum Gasteiger partial charge on any atom is 0.408 e. The molecule has 8 heteroatoms. The molecule has 0 atom stereocenters. The number of aromatic nitrogens is 2. The number of hydrogen-bond donors (Lipinski definition) is 2. The molecule has 2 aromatic heterocycles. The molecule has 1 aliphatic rings. The van der Waals surface area contributed by atoms with Crippen molar-refractivity contribution in [3.05, 3.63) is 88.7 Å². The number of ether oxygens (including phenoxy) is 1. The zero-order valence-electron chi connectivity index (χ0n) is 23.4. The Balaban J connectivity index is 1.48. The van der Waals surface area contributed by atoms with Crippen LogP contribution >= 0.6 is 0 Å². The van der Waals surface area contributed by atoms with Crippen LogP contribution in [0.25, 0.3) is 44.3 Å². The maximum atomic E-state index is 14.2. The Labute approximate surface area is 237 Å². The summed E-state index contributed by atoms with van der Waals surface area (Å²) in [7, 11) is 0. The van der Waals surface area contributed by atoms with Crippen LogP contribution in [-0.4, -0.2) is 33.2 Å². The summed E-state index contributed by atoms with van der Waals surface area (Å²) in [6.07, 6.45) is 3.91. The molecule has 210 valence electrons. The van der Waals surface area contributed by atoms with Crippen LogP contribution in [0.1, 0.15) is 45.6 Å². The highest BCUT2D eigenvalue weighted by Crippen LogP contribution is 2.42. The van der Waals surface area contributed by atoms with Crippen molar-refractivity contribution in [3.63, 3.8) is 0 Å². The number of aliphatic hydroxyl groups excluding tert-OH is 1. The van der Waals surface area contributed by atoms with Crippen LogP contribution < -0.4 is 10.7 Å². The number of carbonyl (C=O) groups is 1. The van der Waals surface area contributed by atoms with Crippen LogP contribution in [0.4, 0.5) is 4.79 Å². The van der Waals surface area contributed by atoms with Crippen LogP contribution in [0.3, 0.4) is 0 Å². The van der Waals surface area contributed by atoms with Gasteiger partial charge in [0, 0.05) is 10.9 Å². The molecule has 41 heavy (non-hydrogen) atoms.